The second kappa shape index (κ2) is 8.71. The molecule has 3 atom stereocenters. The molecule has 2 nitrogen and oxygen atoms in total. The highest BCUT2D eigenvalue weighted by molar-refractivity contribution is 8.00. The summed E-state index contributed by atoms with van der Waals surface area (Å²) in [4.78, 5) is 14.3. The van der Waals surface area contributed by atoms with Crippen LogP contribution in [-0.2, 0) is 4.79 Å². The highest BCUT2D eigenvalue weighted by Gasteiger charge is 2.38. The van der Waals surface area contributed by atoms with Crippen LogP contribution in [-0.4, -0.2) is 11.0 Å². The quantitative estimate of drug-likeness (QED) is 0.514. The average molecular weight is 428 g/mol. The molecule has 142 valence electrons. The first-order valence-electron chi connectivity index (χ1n) is 9.11. The number of thioether (sulfide) groups is 1. The van der Waals surface area contributed by atoms with Crippen LogP contribution in [0, 0.1) is 0 Å². The van der Waals surface area contributed by atoms with E-state index in [2.05, 4.69) is 5.32 Å². The molecule has 1 aliphatic rings. The van der Waals surface area contributed by atoms with Gasteiger partial charge >= 0.3 is 0 Å². The predicted molar refractivity (Wildman–Crippen MR) is 117 cm³/mol. The number of piperidine rings is 1. The van der Waals surface area contributed by atoms with Crippen molar-refractivity contribution in [3.63, 3.8) is 0 Å². The van der Waals surface area contributed by atoms with Crippen molar-refractivity contribution < 1.29 is 4.79 Å². The maximum atomic E-state index is 13.2. The molecule has 1 fully saturated rings. The number of carbonyl (C=O) groups is 1. The molecule has 1 saturated heterocycles. The van der Waals surface area contributed by atoms with E-state index >= 15 is 0 Å². The summed E-state index contributed by atoms with van der Waals surface area (Å²) >= 11 is 13.7. The molecule has 1 aliphatic heterocycles. The molecule has 4 rings (SSSR count). The molecule has 1 heterocycles. The zero-order chi connectivity index (χ0) is 19.5. The van der Waals surface area contributed by atoms with Gasteiger partial charge in [0, 0.05) is 27.4 Å². The van der Waals surface area contributed by atoms with Gasteiger partial charge in [0.1, 0.15) is 5.78 Å². The summed E-state index contributed by atoms with van der Waals surface area (Å²) in [5.41, 5.74) is 2.13. The monoisotopic (exact) mass is 427 g/mol. The summed E-state index contributed by atoms with van der Waals surface area (Å²) in [5, 5.41) is 4.88. The summed E-state index contributed by atoms with van der Waals surface area (Å²) in [6.07, 6.45) is 0.455. The lowest BCUT2D eigenvalue weighted by Gasteiger charge is -2.37. The molecule has 3 unspecified atom stereocenters. The van der Waals surface area contributed by atoms with Gasteiger partial charge in [0.15, 0.2) is 0 Å². The van der Waals surface area contributed by atoms with E-state index in [-0.39, 0.29) is 23.1 Å². The van der Waals surface area contributed by atoms with E-state index in [1.807, 2.05) is 78.9 Å². The van der Waals surface area contributed by atoms with E-state index in [0.717, 1.165) is 16.0 Å². The van der Waals surface area contributed by atoms with Gasteiger partial charge in [-0.2, -0.15) is 0 Å². The van der Waals surface area contributed by atoms with Crippen molar-refractivity contribution in [1.29, 1.82) is 0 Å². The molecule has 0 saturated carbocycles. The Labute approximate surface area is 179 Å². The molecule has 0 aliphatic carbocycles. The average Bonchev–Trinajstić information content (AvgIpc) is 2.71. The summed E-state index contributed by atoms with van der Waals surface area (Å²) in [7, 11) is 0. The number of halogens is 2. The topological polar surface area (TPSA) is 29.1 Å². The van der Waals surface area contributed by atoms with Crippen molar-refractivity contribution in [2.75, 3.05) is 0 Å². The van der Waals surface area contributed by atoms with Crippen LogP contribution in [0.4, 0.5) is 0 Å². The molecule has 5 heteroatoms. The number of benzene rings is 3. The lowest BCUT2D eigenvalue weighted by atomic mass is 9.89. The third-order valence-electron chi connectivity index (χ3n) is 4.91. The van der Waals surface area contributed by atoms with Gasteiger partial charge < -0.3 is 5.32 Å². The smallest absolute Gasteiger partial charge is 0.150 e. The Morgan fingerprint density at radius 1 is 0.786 bits per heavy atom. The molecule has 0 amide bonds. The number of hydrogen-bond acceptors (Lipinski definition) is 3. The highest BCUT2D eigenvalue weighted by Crippen LogP contribution is 2.40. The molecular formula is C23H19Cl2NOS. The zero-order valence-corrected chi connectivity index (χ0v) is 17.3. The van der Waals surface area contributed by atoms with Gasteiger partial charge in [-0.25, -0.2) is 0 Å². The van der Waals surface area contributed by atoms with Gasteiger partial charge in [0.25, 0.3) is 0 Å². The van der Waals surface area contributed by atoms with Crippen LogP contribution in [0.25, 0.3) is 0 Å². The summed E-state index contributed by atoms with van der Waals surface area (Å²) in [5.74, 6) is 0.243. The first-order chi connectivity index (χ1) is 13.6. The van der Waals surface area contributed by atoms with Crippen LogP contribution in [0.3, 0.4) is 0 Å². The fourth-order valence-corrected chi connectivity index (χ4v) is 4.95. The highest BCUT2D eigenvalue weighted by atomic mass is 35.5. The Bertz CT molecular complexity index is 945. The standard InChI is InChI=1S/C23H19Cl2NOS/c24-17-10-6-15(7-11-17)20-14-21(27)23(28-19-4-2-1-3-5-19)22(26-20)16-8-12-18(25)13-9-16/h1-13,20,22-23,26H,14H2. The van der Waals surface area contributed by atoms with Gasteiger partial charge in [-0.3, -0.25) is 4.79 Å². The molecule has 1 N–H and O–H groups in total. The normalized spacial score (nSPS) is 22.2. The van der Waals surface area contributed by atoms with E-state index in [9.17, 15) is 4.79 Å². The van der Waals surface area contributed by atoms with Gasteiger partial charge in [-0.15, -0.1) is 11.8 Å². The van der Waals surface area contributed by atoms with Crippen LogP contribution in [0.15, 0.2) is 83.8 Å². The fourth-order valence-electron chi connectivity index (χ4n) is 3.50. The predicted octanol–water partition coefficient (Wildman–Crippen LogP) is 6.50. The molecule has 0 radical (unpaired) electrons. The third kappa shape index (κ3) is 4.44. The van der Waals surface area contributed by atoms with Crippen molar-refractivity contribution in [3.8, 4) is 0 Å². The van der Waals surface area contributed by atoms with E-state index in [0.29, 0.717) is 16.5 Å². The lowest BCUT2D eigenvalue weighted by Crippen LogP contribution is -2.44. The maximum Gasteiger partial charge on any atom is 0.150 e. The molecule has 0 aromatic heterocycles. The Kier molecular flexibility index (Phi) is 6.07. The van der Waals surface area contributed by atoms with Crippen LogP contribution >= 0.6 is 35.0 Å². The first-order valence-corrected chi connectivity index (χ1v) is 10.7. The largest absolute Gasteiger partial charge is 0.301 e. The lowest BCUT2D eigenvalue weighted by molar-refractivity contribution is -0.121. The van der Waals surface area contributed by atoms with Crippen molar-refractivity contribution in [2.45, 2.75) is 28.6 Å². The number of Topliss-reactive ketones (excluding diaryl/α,β-unsaturated/α-hetero) is 1. The fraction of sp³-hybridized carbons (Fsp3) is 0.174. The van der Waals surface area contributed by atoms with Crippen molar-refractivity contribution in [3.05, 3.63) is 100 Å². The van der Waals surface area contributed by atoms with Crippen LogP contribution in [0.2, 0.25) is 10.0 Å². The molecular weight excluding hydrogens is 409 g/mol. The van der Waals surface area contributed by atoms with Crippen LogP contribution in [0.5, 0.6) is 0 Å². The summed E-state index contributed by atoms with van der Waals surface area (Å²) in [6.45, 7) is 0. The summed E-state index contributed by atoms with van der Waals surface area (Å²) < 4.78 is 0. The van der Waals surface area contributed by atoms with E-state index in [1.54, 1.807) is 11.8 Å². The maximum absolute atomic E-state index is 13.2. The number of hydrogen-bond donors (Lipinski definition) is 1. The zero-order valence-electron chi connectivity index (χ0n) is 15.0. The minimum atomic E-state index is -0.202. The number of rotatable bonds is 4. The number of nitrogens with one attached hydrogen (secondary N) is 1. The Hall–Kier alpha value is -1.78. The van der Waals surface area contributed by atoms with E-state index in [1.165, 1.54) is 0 Å². The molecule has 28 heavy (non-hydrogen) atoms. The molecule has 0 bridgehead atoms. The minimum Gasteiger partial charge on any atom is -0.301 e. The second-order valence-electron chi connectivity index (χ2n) is 6.82. The van der Waals surface area contributed by atoms with Gasteiger partial charge in [0.2, 0.25) is 0 Å². The van der Waals surface area contributed by atoms with E-state index < -0.39 is 0 Å². The van der Waals surface area contributed by atoms with Gasteiger partial charge in [-0.05, 0) is 47.5 Å². The van der Waals surface area contributed by atoms with Crippen molar-refractivity contribution in [1.82, 2.24) is 5.32 Å². The number of carbonyl (C=O) groups excluding carboxylic acids is 1. The Morgan fingerprint density at radius 3 is 1.96 bits per heavy atom. The van der Waals surface area contributed by atoms with Crippen LogP contribution < -0.4 is 5.32 Å². The SMILES string of the molecule is O=C1CC(c2ccc(Cl)cc2)NC(c2ccc(Cl)cc2)C1Sc1ccccc1. The molecule has 0 spiro atoms. The van der Waals surface area contributed by atoms with Crippen molar-refractivity contribution in [2.24, 2.45) is 0 Å². The number of ketones is 1. The minimum absolute atomic E-state index is 0.0435. The van der Waals surface area contributed by atoms with Gasteiger partial charge in [-0.1, -0.05) is 65.7 Å². The van der Waals surface area contributed by atoms with E-state index in [4.69, 9.17) is 23.2 Å². The first kappa shape index (κ1) is 19.5. The third-order valence-corrected chi connectivity index (χ3v) is 6.75. The van der Waals surface area contributed by atoms with Crippen molar-refractivity contribution >= 4 is 40.7 Å². The Morgan fingerprint density at radius 2 is 1.36 bits per heavy atom. The summed E-state index contributed by atoms with van der Waals surface area (Å²) in [6, 6.07) is 25.4. The van der Waals surface area contributed by atoms with Gasteiger partial charge in [0.05, 0.1) is 11.3 Å². The molecule has 3 aromatic carbocycles. The van der Waals surface area contributed by atoms with Crippen LogP contribution in [0.1, 0.15) is 29.6 Å². The Balaban J connectivity index is 1.66. The second-order valence-corrected chi connectivity index (χ2v) is 8.91. The molecule has 3 aromatic rings.